The van der Waals surface area contributed by atoms with E-state index in [0.29, 0.717) is 6.42 Å². The average molecular weight is 370 g/mol. The Morgan fingerprint density at radius 3 is 2.15 bits per heavy atom. The highest BCUT2D eigenvalue weighted by Crippen LogP contribution is 2.23. The summed E-state index contributed by atoms with van der Waals surface area (Å²) in [5.41, 5.74) is 6.39. The van der Waals surface area contributed by atoms with Gasteiger partial charge in [0.1, 0.15) is 6.10 Å². The zero-order valence-corrected chi connectivity index (χ0v) is 16.2. The smallest absolute Gasteiger partial charge is 0.333 e. The van der Waals surface area contributed by atoms with E-state index in [2.05, 4.69) is 11.7 Å². The Balaban J connectivity index is 2.26. The molecule has 6 heteroatoms. The second kappa shape index (κ2) is 12.9. The second-order valence-corrected chi connectivity index (χ2v) is 7.10. The van der Waals surface area contributed by atoms with Crippen LogP contribution in [-0.4, -0.2) is 35.5 Å². The molecule has 1 aliphatic heterocycles. The summed E-state index contributed by atoms with van der Waals surface area (Å²) in [6, 6.07) is -0.469. The van der Waals surface area contributed by atoms with E-state index in [1.165, 1.54) is 58.3 Å². The van der Waals surface area contributed by atoms with Gasteiger partial charge >= 0.3 is 11.9 Å². The molecule has 3 N–H and O–H groups in total. The molecule has 150 valence electrons. The molecule has 1 heterocycles. The number of nitrogens with two attached hydrogens (primary N) is 1. The van der Waals surface area contributed by atoms with Crippen LogP contribution in [0.25, 0.3) is 0 Å². The molecule has 6 nitrogen and oxygen atoms in total. The number of aliphatic hydroxyl groups excluding tert-OH is 1. The van der Waals surface area contributed by atoms with Gasteiger partial charge in [-0.25, -0.2) is 4.79 Å². The van der Waals surface area contributed by atoms with Gasteiger partial charge in [-0.15, -0.1) is 0 Å². The van der Waals surface area contributed by atoms with Crippen LogP contribution in [0.1, 0.15) is 84.5 Å². The van der Waals surface area contributed by atoms with Crippen LogP contribution in [-0.2, 0) is 19.1 Å². The number of cyclic esters (lactones) is 1. The van der Waals surface area contributed by atoms with Crippen molar-refractivity contribution in [2.24, 2.45) is 5.73 Å². The lowest BCUT2D eigenvalue weighted by atomic mass is 9.97. The summed E-state index contributed by atoms with van der Waals surface area (Å²) < 4.78 is 9.90. The van der Waals surface area contributed by atoms with Crippen molar-refractivity contribution in [2.75, 3.05) is 0 Å². The van der Waals surface area contributed by atoms with Crippen LogP contribution in [0.4, 0.5) is 0 Å². The van der Waals surface area contributed by atoms with Gasteiger partial charge in [0.15, 0.2) is 0 Å². The van der Waals surface area contributed by atoms with Crippen LogP contribution in [0.2, 0.25) is 0 Å². The van der Waals surface area contributed by atoms with Gasteiger partial charge in [-0.3, -0.25) is 4.79 Å². The van der Waals surface area contributed by atoms with Crippen LogP contribution in [0.5, 0.6) is 0 Å². The normalized spacial score (nSPS) is 19.0. The van der Waals surface area contributed by atoms with Crippen molar-refractivity contribution in [3.63, 3.8) is 0 Å². The lowest BCUT2D eigenvalue weighted by Crippen LogP contribution is -2.41. The van der Waals surface area contributed by atoms with Crippen molar-refractivity contribution in [3.8, 4) is 0 Å². The van der Waals surface area contributed by atoms with Gasteiger partial charge in [0, 0.05) is 24.6 Å². The molecule has 0 spiro atoms. The number of carbonyl (C=O) groups is 2. The molecule has 0 bridgehead atoms. The van der Waals surface area contributed by atoms with Crippen LogP contribution < -0.4 is 5.73 Å². The third-order valence-corrected chi connectivity index (χ3v) is 4.70. The number of ether oxygens (including phenoxy) is 2. The number of hydrogen-bond donors (Lipinski definition) is 2. The predicted octanol–water partition coefficient (Wildman–Crippen LogP) is 3.36. The lowest BCUT2D eigenvalue weighted by Gasteiger charge is -2.25. The first-order valence-electron chi connectivity index (χ1n) is 9.98. The number of rotatable bonds is 14. The molecule has 0 amide bonds. The van der Waals surface area contributed by atoms with Crippen LogP contribution >= 0.6 is 0 Å². The first-order chi connectivity index (χ1) is 12.5. The zero-order valence-electron chi connectivity index (χ0n) is 16.2. The van der Waals surface area contributed by atoms with Crippen molar-refractivity contribution in [1.29, 1.82) is 0 Å². The van der Waals surface area contributed by atoms with Gasteiger partial charge in [-0.05, 0) is 6.42 Å². The van der Waals surface area contributed by atoms with Gasteiger partial charge in [0.05, 0.1) is 0 Å². The monoisotopic (exact) mass is 369 g/mol. The molecule has 3 atom stereocenters. The maximum absolute atomic E-state index is 11.3. The molecule has 0 aliphatic carbocycles. The van der Waals surface area contributed by atoms with E-state index in [0.717, 1.165) is 18.9 Å². The SMILES string of the molecule is CCCCCCCCCCCCC(N)C(OC(C)=O)C1=CC(=O)OC1O. The first-order valence-corrected chi connectivity index (χ1v) is 9.98. The third kappa shape index (κ3) is 8.81. The molecule has 0 aromatic rings. The number of carbonyl (C=O) groups excluding carboxylic acids is 2. The minimum atomic E-state index is -1.38. The minimum absolute atomic E-state index is 0.227. The van der Waals surface area contributed by atoms with E-state index in [1.807, 2.05) is 0 Å². The highest BCUT2D eigenvalue weighted by molar-refractivity contribution is 5.86. The molecule has 0 fully saturated rings. The fourth-order valence-electron chi connectivity index (χ4n) is 3.24. The maximum atomic E-state index is 11.3. The molecule has 26 heavy (non-hydrogen) atoms. The van der Waals surface area contributed by atoms with Crippen LogP contribution in [0, 0.1) is 0 Å². The summed E-state index contributed by atoms with van der Waals surface area (Å²) in [4.78, 5) is 22.6. The van der Waals surface area contributed by atoms with E-state index < -0.39 is 30.4 Å². The van der Waals surface area contributed by atoms with Gasteiger partial charge < -0.3 is 20.3 Å². The molecule has 1 rings (SSSR count). The van der Waals surface area contributed by atoms with Gasteiger partial charge in [0.25, 0.3) is 0 Å². The molecule has 1 aliphatic rings. The summed E-state index contributed by atoms with van der Waals surface area (Å²) in [6.45, 7) is 3.51. The molecule has 0 aromatic carbocycles. The van der Waals surface area contributed by atoms with Crippen molar-refractivity contribution in [3.05, 3.63) is 11.6 Å². The van der Waals surface area contributed by atoms with E-state index in [9.17, 15) is 14.7 Å². The Labute approximate surface area is 157 Å². The molecule has 0 aromatic heterocycles. The third-order valence-electron chi connectivity index (χ3n) is 4.70. The predicted molar refractivity (Wildman–Crippen MR) is 100 cm³/mol. The number of unbranched alkanes of at least 4 members (excludes halogenated alkanes) is 9. The summed E-state index contributed by atoms with van der Waals surface area (Å²) in [7, 11) is 0. The highest BCUT2D eigenvalue weighted by atomic mass is 16.6. The highest BCUT2D eigenvalue weighted by Gasteiger charge is 2.35. The van der Waals surface area contributed by atoms with Crippen molar-refractivity contribution >= 4 is 11.9 Å². The largest absolute Gasteiger partial charge is 0.456 e. The molecule has 0 radical (unpaired) electrons. The minimum Gasteiger partial charge on any atom is -0.456 e. The number of esters is 2. The summed E-state index contributed by atoms with van der Waals surface area (Å²) >= 11 is 0. The Morgan fingerprint density at radius 1 is 1.15 bits per heavy atom. The zero-order chi connectivity index (χ0) is 19.4. The first kappa shape index (κ1) is 22.6. The number of hydrogen-bond acceptors (Lipinski definition) is 6. The Morgan fingerprint density at radius 2 is 1.69 bits per heavy atom. The quantitative estimate of drug-likeness (QED) is 0.360. The fourth-order valence-corrected chi connectivity index (χ4v) is 3.24. The maximum Gasteiger partial charge on any atom is 0.333 e. The lowest BCUT2D eigenvalue weighted by molar-refractivity contribution is -0.154. The van der Waals surface area contributed by atoms with E-state index >= 15 is 0 Å². The molecule has 3 unspecified atom stereocenters. The van der Waals surface area contributed by atoms with Crippen LogP contribution in [0.15, 0.2) is 11.6 Å². The van der Waals surface area contributed by atoms with Crippen molar-refractivity contribution < 1.29 is 24.2 Å². The topological polar surface area (TPSA) is 98.9 Å². The number of aliphatic hydroxyl groups is 1. The second-order valence-electron chi connectivity index (χ2n) is 7.10. The van der Waals surface area contributed by atoms with Gasteiger partial charge in [0.2, 0.25) is 6.29 Å². The summed E-state index contributed by atoms with van der Waals surface area (Å²) in [5, 5.41) is 9.78. The Kier molecular flexibility index (Phi) is 11.2. The van der Waals surface area contributed by atoms with Crippen molar-refractivity contribution in [2.45, 2.75) is 103 Å². The van der Waals surface area contributed by atoms with E-state index in [4.69, 9.17) is 10.5 Å². The molecule has 0 saturated heterocycles. The average Bonchev–Trinajstić information content (AvgIpc) is 2.92. The van der Waals surface area contributed by atoms with Gasteiger partial charge in [-0.1, -0.05) is 71.1 Å². The van der Waals surface area contributed by atoms with Crippen molar-refractivity contribution in [1.82, 2.24) is 0 Å². The standard InChI is InChI=1S/C20H35NO5/c1-3-4-5-6-7-8-9-10-11-12-13-17(21)19(25-15(2)22)16-14-18(23)26-20(16)24/h14,17,19-20,24H,3-13,21H2,1-2H3. The molecular formula is C20H35NO5. The van der Waals surface area contributed by atoms with Crippen LogP contribution in [0.3, 0.4) is 0 Å². The summed E-state index contributed by atoms with van der Waals surface area (Å²) in [6.07, 6.45) is 11.9. The van der Waals surface area contributed by atoms with E-state index in [1.54, 1.807) is 0 Å². The fraction of sp³-hybridized carbons (Fsp3) is 0.800. The Hall–Kier alpha value is -1.40. The Bertz CT molecular complexity index is 463. The van der Waals surface area contributed by atoms with E-state index in [-0.39, 0.29) is 5.57 Å². The molecular weight excluding hydrogens is 334 g/mol. The summed E-state index contributed by atoms with van der Waals surface area (Å²) in [5.74, 6) is -1.14. The van der Waals surface area contributed by atoms with Gasteiger partial charge in [-0.2, -0.15) is 0 Å². The molecule has 0 saturated carbocycles.